The molecule has 0 aromatic carbocycles. The number of nitrogens with zero attached hydrogens (tertiary/aromatic N) is 1. The van der Waals surface area contributed by atoms with Crippen molar-refractivity contribution in [3.63, 3.8) is 0 Å². The van der Waals surface area contributed by atoms with E-state index < -0.39 is 0 Å². The largest absolute Gasteiger partial charge is 0.389 e. The van der Waals surface area contributed by atoms with Crippen LogP contribution >= 0.6 is 11.3 Å². The maximum Gasteiger partial charge on any atom is 0.110 e. The summed E-state index contributed by atoms with van der Waals surface area (Å²) in [5.41, 5.74) is 7.25. The third-order valence-electron chi connectivity index (χ3n) is 3.35. The van der Waals surface area contributed by atoms with Gasteiger partial charge in [0.25, 0.3) is 0 Å². The lowest BCUT2D eigenvalue weighted by atomic mass is 9.81. The van der Waals surface area contributed by atoms with Crippen molar-refractivity contribution in [3.8, 4) is 0 Å². The van der Waals surface area contributed by atoms with Crippen LogP contribution in [0.5, 0.6) is 0 Å². The van der Waals surface area contributed by atoms with Crippen LogP contribution in [0.3, 0.4) is 0 Å². The van der Waals surface area contributed by atoms with E-state index in [2.05, 4.69) is 18.8 Å². The predicted octanol–water partition coefficient (Wildman–Crippen LogP) is 3.58. The van der Waals surface area contributed by atoms with Crippen LogP contribution in [0, 0.1) is 5.92 Å². The highest BCUT2D eigenvalue weighted by atomic mass is 32.1. The van der Waals surface area contributed by atoms with Crippen molar-refractivity contribution in [1.29, 1.82) is 0 Å². The van der Waals surface area contributed by atoms with Gasteiger partial charge < -0.3 is 5.73 Å². The molecule has 1 heterocycles. The number of hydrogen-bond donors (Lipinski definition) is 1. The minimum atomic E-state index is 0.630. The van der Waals surface area contributed by atoms with Gasteiger partial charge in [-0.1, -0.05) is 26.7 Å². The molecule has 2 unspecified atom stereocenters. The van der Waals surface area contributed by atoms with Gasteiger partial charge in [-0.25, -0.2) is 4.98 Å². The lowest BCUT2D eigenvalue weighted by molar-refractivity contribution is 0.341. The lowest BCUT2D eigenvalue weighted by Gasteiger charge is -2.25. The van der Waals surface area contributed by atoms with Gasteiger partial charge in [-0.3, -0.25) is 0 Å². The van der Waals surface area contributed by atoms with E-state index in [1.807, 2.05) is 0 Å². The van der Waals surface area contributed by atoms with Gasteiger partial charge in [0.2, 0.25) is 0 Å². The smallest absolute Gasteiger partial charge is 0.110 e. The standard InChI is InChI=1S/C12H20N2S/c1-3-10-14-11(12(13)15-10)9-6-4-5-8(2)7-9/h8-9H,3-7,13H2,1-2H3. The van der Waals surface area contributed by atoms with E-state index in [4.69, 9.17) is 5.73 Å². The van der Waals surface area contributed by atoms with Gasteiger partial charge in [-0.2, -0.15) is 0 Å². The number of hydrogen-bond acceptors (Lipinski definition) is 3. The number of rotatable bonds is 2. The monoisotopic (exact) mass is 224 g/mol. The fourth-order valence-electron chi connectivity index (χ4n) is 2.52. The molecule has 0 aliphatic heterocycles. The number of aryl methyl sites for hydroxylation is 1. The number of nitrogens with two attached hydrogens (primary N) is 1. The first-order valence-electron chi connectivity index (χ1n) is 5.95. The Morgan fingerprint density at radius 1 is 1.47 bits per heavy atom. The molecule has 15 heavy (non-hydrogen) atoms. The molecule has 1 fully saturated rings. The number of aromatic nitrogens is 1. The van der Waals surface area contributed by atoms with Crippen molar-refractivity contribution < 1.29 is 0 Å². The number of anilines is 1. The first kappa shape index (κ1) is 10.9. The maximum atomic E-state index is 6.05. The molecule has 0 saturated heterocycles. The van der Waals surface area contributed by atoms with Crippen LogP contribution in [0.2, 0.25) is 0 Å². The second-order valence-electron chi connectivity index (χ2n) is 4.68. The van der Waals surface area contributed by atoms with Crippen LogP contribution in [0.15, 0.2) is 0 Å². The van der Waals surface area contributed by atoms with Gasteiger partial charge in [-0.15, -0.1) is 11.3 Å². The molecule has 0 radical (unpaired) electrons. The van der Waals surface area contributed by atoms with Gasteiger partial charge in [0, 0.05) is 5.92 Å². The molecule has 0 spiro atoms. The summed E-state index contributed by atoms with van der Waals surface area (Å²) in [5, 5.41) is 2.16. The number of thiazole rings is 1. The molecule has 1 saturated carbocycles. The van der Waals surface area contributed by atoms with E-state index in [1.54, 1.807) is 11.3 Å². The van der Waals surface area contributed by atoms with E-state index in [9.17, 15) is 0 Å². The van der Waals surface area contributed by atoms with E-state index in [0.717, 1.165) is 17.3 Å². The fourth-order valence-corrected chi connectivity index (χ4v) is 3.38. The van der Waals surface area contributed by atoms with E-state index in [0.29, 0.717) is 5.92 Å². The highest BCUT2D eigenvalue weighted by Crippen LogP contribution is 2.39. The molecule has 0 amide bonds. The molecule has 1 aromatic rings. The molecule has 0 bridgehead atoms. The Morgan fingerprint density at radius 2 is 2.27 bits per heavy atom. The quantitative estimate of drug-likeness (QED) is 0.834. The zero-order chi connectivity index (χ0) is 10.8. The summed E-state index contributed by atoms with van der Waals surface area (Å²) in [6.07, 6.45) is 6.28. The Labute approximate surface area is 95.9 Å². The second-order valence-corrected chi connectivity index (χ2v) is 5.79. The summed E-state index contributed by atoms with van der Waals surface area (Å²) < 4.78 is 0. The molecule has 2 rings (SSSR count). The van der Waals surface area contributed by atoms with Crippen molar-refractivity contribution in [2.24, 2.45) is 5.92 Å². The van der Waals surface area contributed by atoms with Gasteiger partial charge in [0.15, 0.2) is 0 Å². The van der Waals surface area contributed by atoms with E-state index >= 15 is 0 Å². The summed E-state index contributed by atoms with van der Waals surface area (Å²) in [4.78, 5) is 4.68. The van der Waals surface area contributed by atoms with Crippen molar-refractivity contribution in [2.45, 2.75) is 51.9 Å². The Bertz CT molecular complexity index is 332. The molecule has 3 heteroatoms. The second kappa shape index (κ2) is 4.52. The normalized spacial score (nSPS) is 26.8. The predicted molar refractivity (Wildman–Crippen MR) is 66.3 cm³/mol. The number of nitrogen functional groups attached to an aromatic ring is 1. The van der Waals surface area contributed by atoms with Crippen molar-refractivity contribution in [1.82, 2.24) is 4.98 Å². The van der Waals surface area contributed by atoms with Crippen LogP contribution in [-0.2, 0) is 6.42 Å². The molecular formula is C12H20N2S. The summed E-state index contributed by atoms with van der Waals surface area (Å²) in [6, 6.07) is 0. The molecule has 2 N–H and O–H groups in total. The summed E-state index contributed by atoms with van der Waals surface area (Å²) >= 11 is 1.68. The maximum absolute atomic E-state index is 6.05. The van der Waals surface area contributed by atoms with Gasteiger partial charge >= 0.3 is 0 Å². The molecule has 1 aliphatic rings. The Hall–Kier alpha value is -0.570. The van der Waals surface area contributed by atoms with Crippen LogP contribution in [0.4, 0.5) is 5.00 Å². The van der Waals surface area contributed by atoms with Crippen molar-refractivity contribution in [3.05, 3.63) is 10.7 Å². The summed E-state index contributed by atoms with van der Waals surface area (Å²) in [6.45, 7) is 4.49. The Morgan fingerprint density at radius 3 is 2.87 bits per heavy atom. The third kappa shape index (κ3) is 2.33. The van der Waals surface area contributed by atoms with Crippen LogP contribution in [0.25, 0.3) is 0 Å². The van der Waals surface area contributed by atoms with Gasteiger partial charge in [0.1, 0.15) is 5.00 Å². The third-order valence-corrected chi connectivity index (χ3v) is 4.40. The first-order valence-corrected chi connectivity index (χ1v) is 6.77. The first-order chi connectivity index (χ1) is 7.20. The molecular weight excluding hydrogens is 204 g/mol. The zero-order valence-corrected chi connectivity index (χ0v) is 10.4. The molecule has 84 valence electrons. The van der Waals surface area contributed by atoms with Crippen molar-refractivity contribution >= 4 is 16.3 Å². The minimum absolute atomic E-state index is 0.630. The average Bonchev–Trinajstić information content (AvgIpc) is 2.60. The molecule has 1 aliphatic carbocycles. The van der Waals surface area contributed by atoms with Gasteiger partial charge in [-0.05, 0) is 25.2 Å². The zero-order valence-electron chi connectivity index (χ0n) is 9.62. The minimum Gasteiger partial charge on any atom is -0.389 e. The lowest BCUT2D eigenvalue weighted by Crippen LogP contribution is -2.13. The summed E-state index contributed by atoms with van der Waals surface area (Å²) in [7, 11) is 0. The van der Waals surface area contributed by atoms with Crippen LogP contribution in [0.1, 0.15) is 56.2 Å². The Balaban J connectivity index is 2.16. The molecule has 1 aromatic heterocycles. The van der Waals surface area contributed by atoms with E-state index in [1.165, 1.54) is 36.4 Å². The highest BCUT2D eigenvalue weighted by molar-refractivity contribution is 7.15. The SMILES string of the molecule is CCc1nc(C2CCCC(C)C2)c(N)s1. The Kier molecular flexibility index (Phi) is 3.29. The van der Waals surface area contributed by atoms with Crippen LogP contribution in [-0.4, -0.2) is 4.98 Å². The highest BCUT2D eigenvalue weighted by Gasteiger charge is 2.24. The topological polar surface area (TPSA) is 38.9 Å². The average molecular weight is 224 g/mol. The van der Waals surface area contributed by atoms with E-state index in [-0.39, 0.29) is 0 Å². The van der Waals surface area contributed by atoms with Gasteiger partial charge in [0.05, 0.1) is 10.7 Å². The molecule has 2 nitrogen and oxygen atoms in total. The van der Waals surface area contributed by atoms with Crippen LogP contribution < -0.4 is 5.73 Å². The fraction of sp³-hybridized carbons (Fsp3) is 0.750. The summed E-state index contributed by atoms with van der Waals surface area (Å²) in [5.74, 6) is 1.47. The van der Waals surface area contributed by atoms with Crippen molar-refractivity contribution in [2.75, 3.05) is 5.73 Å². The molecule has 2 atom stereocenters.